The lowest BCUT2D eigenvalue weighted by Gasteiger charge is -2.13. The van der Waals surface area contributed by atoms with Crippen molar-refractivity contribution in [1.82, 2.24) is 0 Å². The van der Waals surface area contributed by atoms with Crippen molar-refractivity contribution in [1.29, 1.82) is 0 Å². The average molecular weight is 142 g/mol. The van der Waals surface area contributed by atoms with Gasteiger partial charge in [0.1, 0.15) is 6.29 Å². The van der Waals surface area contributed by atoms with Crippen LogP contribution in [0.25, 0.3) is 0 Å². The fourth-order valence-electron chi connectivity index (χ4n) is 1.23. The summed E-state index contributed by atoms with van der Waals surface area (Å²) in [5.74, 6) is 1.35. The molecule has 0 N–H and O–H groups in total. The van der Waals surface area contributed by atoms with Crippen molar-refractivity contribution in [3.8, 4) is 0 Å². The monoisotopic (exact) mass is 142 g/mol. The molecule has 0 saturated carbocycles. The summed E-state index contributed by atoms with van der Waals surface area (Å²) in [6, 6.07) is 0. The molecule has 1 heteroatoms. The van der Waals surface area contributed by atoms with E-state index >= 15 is 0 Å². The molecule has 0 aliphatic heterocycles. The maximum atomic E-state index is 10.2. The Morgan fingerprint density at radius 3 is 2.30 bits per heavy atom. The lowest BCUT2D eigenvalue weighted by molar-refractivity contribution is -0.108. The van der Waals surface area contributed by atoms with Crippen LogP contribution in [0, 0.1) is 11.8 Å². The largest absolute Gasteiger partial charge is 0.303 e. The third-order valence-corrected chi connectivity index (χ3v) is 1.81. The molecule has 0 heterocycles. The standard InChI is InChI=1S/C9H18O/c1-4-9(5-6-10)7-8(2)3/h6,8-9H,4-5,7H2,1-3H3. The average Bonchev–Trinajstić information content (AvgIpc) is 1.86. The number of hydrogen-bond acceptors (Lipinski definition) is 1. The van der Waals surface area contributed by atoms with Crippen LogP contribution in [-0.4, -0.2) is 6.29 Å². The highest BCUT2D eigenvalue weighted by Crippen LogP contribution is 2.16. The van der Waals surface area contributed by atoms with Gasteiger partial charge in [0.25, 0.3) is 0 Å². The van der Waals surface area contributed by atoms with Crippen molar-refractivity contribution < 1.29 is 4.79 Å². The molecule has 60 valence electrons. The molecule has 0 aromatic heterocycles. The van der Waals surface area contributed by atoms with Gasteiger partial charge in [0.05, 0.1) is 0 Å². The first kappa shape index (κ1) is 9.67. The molecular weight excluding hydrogens is 124 g/mol. The second kappa shape index (κ2) is 5.45. The number of aldehydes is 1. The van der Waals surface area contributed by atoms with Gasteiger partial charge in [-0.05, 0) is 18.3 Å². The van der Waals surface area contributed by atoms with Gasteiger partial charge in [0, 0.05) is 6.42 Å². The van der Waals surface area contributed by atoms with Crippen LogP contribution in [0.5, 0.6) is 0 Å². The van der Waals surface area contributed by atoms with Crippen molar-refractivity contribution in [2.75, 3.05) is 0 Å². The lowest BCUT2D eigenvalue weighted by Crippen LogP contribution is -2.03. The van der Waals surface area contributed by atoms with Gasteiger partial charge in [-0.2, -0.15) is 0 Å². The fourth-order valence-corrected chi connectivity index (χ4v) is 1.23. The molecule has 0 saturated heterocycles. The van der Waals surface area contributed by atoms with Gasteiger partial charge in [0.2, 0.25) is 0 Å². The zero-order chi connectivity index (χ0) is 7.98. The molecular formula is C9H18O. The first-order chi connectivity index (χ1) is 4.70. The summed E-state index contributed by atoms with van der Waals surface area (Å²) >= 11 is 0. The Bertz CT molecular complexity index is 86.7. The highest BCUT2D eigenvalue weighted by Gasteiger charge is 2.06. The van der Waals surface area contributed by atoms with Crippen LogP contribution < -0.4 is 0 Å². The molecule has 0 aliphatic carbocycles. The van der Waals surface area contributed by atoms with Gasteiger partial charge in [-0.1, -0.05) is 27.2 Å². The van der Waals surface area contributed by atoms with E-state index in [0.29, 0.717) is 5.92 Å². The van der Waals surface area contributed by atoms with E-state index in [0.717, 1.165) is 25.0 Å². The highest BCUT2D eigenvalue weighted by atomic mass is 16.1. The van der Waals surface area contributed by atoms with Gasteiger partial charge in [-0.3, -0.25) is 0 Å². The quantitative estimate of drug-likeness (QED) is 0.539. The van der Waals surface area contributed by atoms with Crippen molar-refractivity contribution in [3.63, 3.8) is 0 Å². The van der Waals surface area contributed by atoms with E-state index in [4.69, 9.17) is 0 Å². The Kier molecular flexibility index (Phi) is 5.27. The summed E-state index contributed by atoms with van der Waals surface area (Å²) in [7, 11) is 0. The Morgan fingerprint density at radius 2 is 2.00 bits per heavy atom. The van der Waals surface area contributed by atoms with Crippen LogP contribution in [0.2, 0.25) is 0 Å². The van der Waals surface area contributed by atoms with E-state index in [1.807, 2.05) is 0 Å². The van der Waals surface area contributed by atoms with E-state index in [2.05, 4.69) is 20.8 Å². The summed E-state index contributed by atoms with van der Waals surface area (Å²) in [6.07, 6.45) is 4.11. The second-order valence-corrected chi connectivity index (χ2v) is 3.31. The third-order valence-electron chi connectivity index (χ3n) is 1.81. The first-order valence-electron chi connectivity index (χ1n) is 4.14. The van der Waals surface area contributed by atoms with E-state index in [1.54, 1.807) is 0 Å². The molecule has 0 aromatic carbocycles. The zero-order valence-electron chi connectivity index (χ0n) is 7.26. The third kappa shape index (κ3) is 4.54. The zero-order valence-corrected chi connectivity index (χ0v) is 7.26. The number of rotatable bonds is 5. The summed E-state index contributed by atoms with van der Waals surface area (Å²) in [5.41, 5.74) is 0. The molecule has 0 aliphatic rings. The maximum absolute atomic E-state index is 10.2. The molecule has 1 atom stereocenters. The molecule has 0 radical (unpaired) electrons. The summed E-state index contributed by atoms with van der Waals surface area (Å²) in [6.45, 7) is 6.55. The van der Waals surface area contributed by atoms with Gasteiger partial charge in [-0.25, -0.2) is 0 Å². The molecule has 0 aromatic rings. The van der Waals surface area contributed by atoms with E-state index in [-0.39, 0.29) is 0 Å². The molecule has 0 rings (SSSR count). The predicted molar refractivity (Wildman–Crippen MR) is 43.9 cm³/mol. The van der Waals surface area contributed by atoms with E-state index < -0.39 is 0 Å². The minimum absolute atomic E-state index is 0.623. The normalized spacial score (nSPS) is 13.6. The Labute approximate surface area is 63.8 Å². The van der Waals surface area contributed by atoms with Crippen molar-refractivity contribution >= 4 is 6.29 Å². The lowest BCUT2D eigenvalue weighted by atomic mass is 9.93. The van der Waals surface area contributed by atoms with E-state index in [1.165, 1.54) is 6.42 Å². The highest BCUT2D eigenvalue weighted by molar-refractivity contribution is 5.49. The maximum Gasteiger partial charge on any atom is 0.120 e. The van der Waals surface area contributed by atoms with Gasteiger partial charge >= 0.3 is 0 Å². The van der Waals surface area contributed by atoms with Gasteiger partial charge in [0.15, 0.2) is 0 Å². The van der Waals surface area contributed by atoms with Gasteiger partial charge < -0.3 is 4.79 Å². The van der Waals surface area contributed by atoms with Crippen molar-refractivity contribution in [3.05, 3.63) is 0 Å². The summed E-state index contributed by atoms with van der Waals surface area (Å²) < 4.78 is 0. The molecule has 0 spiro atoms. The molecule has 10 heavy (non-hydrogen) atoms. The van der Waals surface area contributed by atoms with Crippen molar-refractivity contribution in [2.24, 2.45) is 11.8 Å². The summed E-state index contributed by atoms with van der Waals surface area (Å²) in [5, 5.41) is 0. The summed E-state index contributed by atoms with van der Waals surface area (Å²) in [4.78, 5) is 10.2. The van der Waals surface area contributed by atoms with Crippen molar-refractivity contribution in [2.45, 2.75) is 40.0 Å². The Balaban J connectivity index is 3.48. The minimum atomic E-state index is 0.623. The smallest absolute Gasteiger partial charge is 0.120 e. The topological polar surface area (TPSA) is 17.1 Å². The number of carbonyl (C=O) groups excluding carboxylic acids is 1. The minimum Gasteiger partial charge on any atom is -0.303 e. The Morgan fingerprint density at radius 1 is 1.40 bits per heavy atom. The van der Waals surface area contributed by atoms with Crippen LogP contribution in [0.1, 0.15) is 40.0 Å². The predicted octanol–water partition coefficient (Wildman–Crippen LogP) is 2.65. The number of carbonyl (C=O) groups is 1. The molecule has 1 unspecified atom stereocenters. The van der Waals surface area contributed by atoms with Crippen LogP contribution in [0.15, 0.2) is 0 Å². The van der Waals surface area contributed by atoms with Crippen LogP contribution >= 0.6 is 0 Å². The molecule has 0 amide bonds. The van der Waals surface area contributed by atoms with E-state index in [9.17, 15) is 4.79 Å². The molecule has 0 bridgehead atoms. The molecule has 0 fully saturated rings. The van der Waals surface area contributed by atoms with Crippen LogP contribution in [0.3, 0.4) is 0 Å². The fraction of sp³-hybridized carbons (Fsp3) is 0.889. The number of hydrogen-bond donors (Lipinski definition) is 0. The second-order valence-electron chi connectivity index (χ2n) is 3.31. The van der Waals surface area contributed by atoms with Crippen LogP contribution in [0.4, 0.5) is 0 Å². The van der Waals surface area contributed by atoms with Gasteiger partial charge in [-0.15, -0.1) is 0 Å². The first-order valence-corrected chi connectivity index (χ1v) is 4.14. The SMILES string of the molecule is CCC(CC=O)CC(C)C. The Hall–Kier alpha value is -0.330. The van der Waals surface area contributed by atoms with Crippen LogP contribution in [-0.2, 0) is 4.79 Å². The molecule has 1 nitrogen and oxygen atoms in total.